The SMILES string of the molecule is Cc1cccc(-n2ccnc2SCC(=O)NCC(C)C)c1C. The van der Waals surface area contributed by atoms with Gasteiger partial charge in [-0.2, -0.15) is 0 Å². The number of aromatic nitrogens is 2. The van der Waals surface area contributed by atoms with Crippen LogP contribution < -0.4 is 5.32 Å². The van der Waals surface area contributed by atoms with Crippen molar-refractivity contribution in [2.45, 2.75) is 32.9 Å². The van der Waals surface area contributed by atoms with Crippen LogP contribution in [-0.2, 0) is 4.79 Å². The number of nitrogens with zero attached hydrogens (tertiary/aromatic N) is 2. The average Bonchev–Trinajstić information content (AvgIpc) is 2.94. The molecule has 1 heterocycles. The van der Waals surface area contributed by atoms with Gasteiger partial charge < -0.3 is 5.32 Å². The minimum absolute atomic E-state index is 0.0502. The monoisotopic (exact) mass is 317 g/mol. The van der Waals surface area contributed by atoms with E-state index in [0.717, 1.165) is 10.8 Å². The van der Waals surface area contributed by atoms with Gasteiger partial charge in [-0.1, -0.05) is 37.7 Å². The van der Waals surface area contributed by atoms with Gasteiger partial charge in [0.2, 0.25) is 5.91 Å². The summed E-state index contributed by atoms with van der Waals surface area (Å²) in [7, 11) is 0. The van der Waals surface area contributed by atoms with Crippen LogP contribution in [0.15, 0.2) is 35.7 Å². The molecule has 2 rings (SSSR count). The highest BCUT2D eigenvalue weighted by Gasteiger charge is 2.11. The second-order valence-corrected chi connectivity index (χ2v) is 6.73. The lowest BCUT2D eigenvalue weighted by molar-refractivity contribution is -0.118. The van der Waals surface area contributed by atoms with Crippen molar-refractivity contribution in [3.05, 3.63) is 41.7 Å². The second kappa shape index (κ2) is 7.49. The molecule has 0 atom stereocenters. The van der Waals surface area contributed by atoms with E-state index < -0.39 is 0 Å². The van der Waals surface area contributed by atoms with Gasteiger partial charge in [-0.05, 0) is 37.0 Å². The fraction of sp³-hybridized carbons (Fsp3) is 0.412. The number of amides is 1. The molecule has 0 aliphatic rings. The van der Waals surface area contributed by atoms with Gasteiger partial charge in [-0.3, -0.25) is 9.36 Å². The van der Waals surface area contributed by atoms with Crippen molar-refractivity contribution in [1.82, 2.24) is 14.9 Å². The number of nitrogens with one attached hydrogen (secondary N) is 1. The Kier molecular flexibility index (Phi) is 5.66. The molecule has 1 N–H and O–H groups in total. The van der Waals surface area contributed by atoms with Crippen molar-refractivity contribution in [3.63, 3.8) is 0 Å². The molecule has 0 fully saturated rings. The zero-order valence-electron chi connectivity index (χ0n) is 13.6. The maximum absolute atomic E-state index is 11.8. The molecule has 0 spiro atoms. The summed E-state index contributed by atoms with van der Waals surface area (Å²) in [6.45, 7) is 9.09. The largest absolute Gasteiger partial charge is 0.355 e. The molecule has 0 bridgehead atoms. The van der Waals surface area contributed by atoms with Crippen LogP contribution in [0.25, 0.3) is 5.69 Å². The molecule has 0 unspecified atom stereocenters. The highest BCUT2D eigenvalue weighted by molar-refractivity contribution is 7.99. The van der Waals surface area contributed by atoms with Gasteiger partial charge in [-0.25, -0.2) is 4.98 Å². The Morgan fingerprint density at radius 1 is 1.36 bits per heavy atom. The Morgan fingerprint density at radius 3 is 2.86 bits per heavy atom. The van der Waals surface area contributed by atoms with E-state index in [-0.39, 0.29) is 5.91 Å². The molecule has 22 heavy (non-hydrogen) atoms. The van der Waals surface area contributed by atoms with E-state index >= 15 is 0 Å². The van der Waals surface area contributed by atoms with Crippen molar-refractivity contribution in [2.75, 3.05) is 12.3 Å². The molecule has 4 nitrogen and oxygen atoms in total. The fourth-order valence-corrected chi connectivity index (χ4v) is 2.87. The predicted octanol–water partition coefficient (Wildman–Crippen LogP) is 3.35. The van der Waals surface area contributed by atoms with Crippen LogP contribution in [0, 0.1) is 19.8 Å². The van der Waals surface area contributed by atoms with E-state index in [1.807, 2.05) is 16.8 Å². The Morgan fingerprint density at radius 2 is 2.14 bits per heavy atom. The molecule has 0 aliphatic heterocycles. The summed E-state index contributed by atoms with van der Waals surface area (Å²) in [5.41, 5.74) is 3.59. The molecule has 1 amide bonds. The van der Waals surface area contributed by atoms with Crippen molar-refractivity contribution in [3.8, 4) is 5.69 Å². The zero-order chi connectivity index (χ0) is 16.1. The smallest absolute Gasteiger partial charge is 0.230 e. The third-order valence-electron chi connectivity index (χ3n) is 3.48. The Hall–Kier alpha value is -1.75. The molecule has 2 aromatic rings. The van der Waals surface area contributed by atoms with Crippen molar-refractivity contribution < 1.29 is 4.79 Å². The lowest BCUT2D eigenvalue weighted by Gasteiger charge is -2.12. The van der Waals surface area contributed by atoms with Crippen LogP contribution >= 0.6 is 11.8 Å². The molecule has 5 heteroatoms. The van der Waals surface area contributed by atoms with E-state index in [1.165, 1.54) is 22.9 Å². The van der Waals surface area contributed by atoms with Gasteiger partial charge in [-0.15, -0.1) is 0 Å². The Labute approximate surface area is 136 Å². The third kappa shape index (κ3) is 4.13. The van der Waals surface area contributed by atoms with Gasteiger partial charge in [0.15, 0.2) is 5.16 Å². The summed E-state index contributed by atoms with van der Waals surface area (Å²) in [5, 5.41) is 3.77. The van der Waals surface area contributed by atoms with Crippen LogP contribution in [0.5, 0.6) is 0 Å². The summed E-state index contributed by atoms with van der Waals surface area (Å²) in [5.74, 6) is 0.898. The first-order valence-corrected chi connectivity index (χ1v) is 8.47. The number of carbonyl (C=O) groups excluding carboxylic acids is 1. The normalized spacial score (nSPS) is 11.0. The Bertz CT molecular complexity index is 649. The minimum atomic E-state index is 0.0502. The van der Waals surface area contributed by atoms with Crippen LogP contribution in [0.3, 0.4) is 0 Å². The lowest BCUT2D eigenvalue weighted by Crippen LogP contribution is -2.28. The molecular weight excluding hydrogens is 294 g/mol. The number of hydrogen-bond donors (Lipinski definition) is 1. The molecule has 0 saturated heterocycles. The number of aryl methyl sites for hydroxylation is 1. The number of benzene rings is 1. The van der Waals surface area contributed by atoms with Crippen LogP contribution in [0.4, 0.5) is 0 Å². The zero-order valence-corrected chi connectivity index (χ0v) is 14.4. The Balaban J connectivity index is 2.07. The maximum Gasteiger partial charge on any atom is 0.230 e. The third-order valence-corrected chi connectivity index (χ3v) is 4.45. The van der Waals surface area contributed by atoms with E-state index in [1.54, 1.807) is 6.20 Å². The number of rotatable bonds is 6. The first-order chi connectivity index (χ1) is 10.5. The fourth-order valence-electron chi connectivity index (χ4n) is 2.08. The molecule has 0 saturated carbocycles. The van der Waals surface area contributed by atoms with Gasteiger partial charge >= 0.3 is 0 Å². The van der Waals surface area contributed by atoms with Gasteiger partial charge in [0.25, 0.3) is 0 Å². The first kappa shape index (κ1) is 16.6. The number of hydrogen-bond acceptors (Lipinski definition) is 3. The highest BCUT2D eigenvalue weighted by atomic mass is 32.2. The molecule has 1 aromatic heterocycles. The predicted molar refractivity (Wildman–Crippen MR) is 91.6 cm³/mol. The number of imidazole rings is 1. The van der Waals surface area contributed by atoms with Crippen molar-refractivity contribution in [2.24, 2.45) is 5.92 Å². The van der Waals surface area contributed by atoms with Gasteiger partial charge in [0.1, 0.15) is 0 Å². The average molecular weight is 317 g/mol. The summed E-state index contributed by atoms with van der Waals surface area (Å²) in [6, 6.07) is 6.22. The molecule has 118 valence electrons. The summed E-state index contributed by atoms with van der Waals surface area (Å²) >= 11 is 1.46. The van der Waals surface area contributed by atoms with Crippen LogP contribution in [0.1, 0.15) is 25.0 Å². The minimum Gasteiger partial charge on any atom is -0.355 e. The summed E-state index contributed by atoms with van der Waals surface area (Å²) < 4.78 is 2.04. The number of thioether (sulfide) groups is 1. The van der Waals surface area contributed by atoms with Crippen molar-refractivity contribution in [1.29, 1.82) is 0 Å². The number of carbonyl (C=O) groups is 1. The van der Waals surface area contributed by atoms with E-state index in [9.17, 15) is 4.79 Å². The second-order valence-electron chi connectivity index (χ2n) is 5.79. The molecule has 0 aliphatic carbocycles. The lowest BCUT2D eigenvalue weighted by atomic mass is 10.1. The standard InChI is InChI=1S/C17H23N3OS/c1-12(2)10-19-16(21)11-22-17-18-8-9-20(17)15-7-5-6-13(3)14(15)4/h5-9,12H,10-11H2,1-4H3,(H,19,21). The van der Waals surface area contributed by atoms with Gasteiger partial charge in [0.05, 0.1) is 11.4 Å². The quantitative estimate of drug-likeness (QED) is 0.831. The van der Waals surface area contributed by atoms with Crippen molar-refractivity contribution >= 4 is 17.7 Å². The highest BCUT2D eigenvalue weighted by Crippen LogP contribution is 2.24. The maximum atomic E-state index is 11.8. The van der Waals surface area contributed by atoms with Crippen LogP contribution in [-0.4, -0.2) is 27.8 Å². The summed E-state index contributed by atoms with van der Waals surface area (Å²) in [6.07, 6.45) is 3.71. The van der Waals surface area contributed by atoms with E-state index in [4.69, 9.17) is 0 Å². The summed E-state index contributed by atoms with van der Waals surface area (Å²) in [4.78, 5) is 16.2. The molecule has 0 radical (unpaired) electrons. The molecule has 1 aromatic carbocycles. The first-order valence-electron chi connectivity index (χ1n) is 7.48. The van der Waals surface area contributed by atoms with E-state index in [2.05, 4.69) is 50.1 Å². The van der Waals surface area contributed by atoms with Crippen LogP contribution in [0.2, 0.25) is 0 Å². The molecular formula is C17H23N3OS. The topological polar surface area (TPSA) is 46.9 Å². The van der Waals surface area contributed by atoms with E-state index in [0.29, 0.717) is 18.2 Å². The van der Waals surface area contributed by atoms with Gasteiger partial charge in [0, 0.05) is 18.9 Å².